The number of amides is 1. The fourth-order valence-corrected chi connectivity index (χ4v) is 3.96. The number of aryl methyl sites for hydroxylation is 2. The normalized spacial score (nSPS) is 23.8. The molecule has 5 heteroatoms. The molecule has 1 aromatic heterocycles. The van der Waals surface area contributed by atoms with E-state index in [2.05, 4.69) is 29.0 Å². The molecule has 0 unspecified atom stereocenters. The number of hydrogen-bond acceptors (Lipinski definition) is 4. The third-order valence-electron chi connectivity index (χ3n) is 3.77. The predicted molar refractivity (Wildman–Crippen MR) is 83.3 cm³/mol. The Hall–Kier alpha value is -0.940. The quantitative estimate of drug-likeness (QED) is 0.928. The molecule has 1 saturated heterocycles. The van der Waals surface area contributed by atoms with E-state index >= 15 is 0 Å². The summed E-state index contributed by atoms with van der Waals surface area (Å²) in [5.74, 6) is 1.55. The van der Waals surface area contributed by atoms with Gasteiger partial charge in [-0.05, 0) is 32.1 Å². The van der Waals surface area contributed by atoms with Gasteiger partial charge in [-0.1, -0.05) is 13.8 Å². The summed E-state index contributed by atoms with van der Waals surface area (Å²) in [6.45, 7) is 12.4. The van der Waals surface area contributed by atoms with Crippen LogP contribution in [-0.4, -0.2) is 42.0 Å². The van der Waals surface area contributed by atoms with Gasteiger partial charge in [0.2, 0.25) is 0 Å². The highest BCUT2D eigenvalue weighted by molar-refractivity contribution is 7.13. The average Bonchev–Trinajstić information content (AvgIpc) is 2.67. The minimum atomic E-state index is 0.0196. The number of nitrogens with one attached hydrogen (secondary N) is 1. The number of nitrogens with zero attached hydrogens (tertiary/aromatic N) is 2. The predicted octanol–water partition coefficient (Wildman–Crippen LogP) is 2.47. The standard InChI is InChI=1S/C15H25N3OS/c1-10-7-11(2)9-18(8-10)6-5-16-15(19)14-12(3)17-13(4)20-14/h10-11H,5-9H2,1-4H3,(H,16,19)/t10-,11-/m0/s1. The molecule has 20 heavy (non-hydrogen) atoms. The lowest BCUT2D eigenvalue weighted by Gasteiger charge is -2.34. The summed E-state index contributed by atoms with van der Waals surface area (Å²) >= 11 is 1.47. The summed E-state index contributed by atoms with van der Waals surface area (Å²) in [5.41, 5.74) is 0.838. The first-order valence-electron chi connectivity index (χ1n) is 7.40. The van der Waals surface area contributed by atoms with E-state index in [-0.39, 0.29) is 5.91 Å². The van der Waals surface area contributed by atoms with Crippen molar-refractivity contribution in [2.24, 2.45) is 11.8 Å². The number of carbonyl (C=O) groups excluding carboxylic acids is 1. The summed E-state index contributed by atoms with van der Waals surface area (Å²) in [5, 5.41) is 3.97. The highest BCUT2D eigenvalue weighted by Gasteiger charge is 2.21. The second-order valence-electron chi connectivity index (χ2n) is 6.11. The Balaban J connectivity index is 1.78. The van der Waals surface area contributed by atoms with E-state index in [0.29, 0.717) is 6.54 Å². The summed E-state index contributed by atoms with van der Waals surface area (Å²) in [7, 11) is 0. The van der Waals surface area contributed by atoms with Crippen LogP contribution in [0.4, 0.5) is 0 Å². The van der Waals surface area contributed by atoms with Crippen LogP contribution in [0, 0.1) is 25.7 Å². The molecule has 2 heterocycles. The van der Waals surface area contributed by atoms with Gasteiger partial charge in [0.25, 0.3) is 5.91 Å². The lowest BCUT2D eigenvalue weighted by molar-refractivity contribution is 0.0940. The fourth-order valence-electron chi connectivity index (χ4n) is 3.12. The van der Waals surface area contributed by atoms with Gasteiger partial charge in [0.15, 0.2) is 0 Å². The molecule has 4 nitrogen and oxygen atoms in total. The van der Waals surface area contributed by atoms with E-state index in [1.807, 2.05) is 13.8 Å². The van der Waals surface area contributed by atoms with Gasteiger partial charge in [-0.25, -0.2) is 4.98 Å². The molecule has 1 N–H and O–H groups in total. The highest BCUT2D eigenvalue weighted by atomic mass is 32.1. The number of thiazole rings is 1. The van der Waals surface area contributed by atoms with Gasteiger partial charge in [-0.15, -0.1) is 11.3 Å². The van der Waals surface area contributed by atoms with Gasteiger partial charge in [-0.2, -0.15) is 0 Å². The number of piperidine rings is 1. The first-order chi connectivity index (χ1) is 9.45. The van der Waals surface area contributed by atoms with E-state index in [1.165, 1.54) is 17.8 Å². The van der Waals surface area contributed by atoms with Crippen LogP contribution in [0.3, 0.4) is 0 Å². The Labute approximate surface area is 125 Å². The third kappa shape index (κ3) is 4.03. The van der Waals surface area contributed by atoms with Gasteiger partial charge in [0, 0.05) is 26.2 Å². The fraction of sp³-hybridized carbons (Fsp3) is 0.733. The van der Waals surface area contributed by atoms with E-state index in [9.17, 15) is 4.79 Å². The van der Waals surface area contributed by atoms with Crippen LogP contribution in [0.15, 0.2) is 0 Å². The van der Waals surface area contributed by atoms with Crippen molar-refractivity contribution in [3.05, 3.63) is 15.6 Å². The first kappa shape index (κ1) is 15.4. The molecule has 0 saturated carbocycles. The van der Waals surface area contributed by atoms with Crippen molar-refractivity contribution >= 4 is 17.2 Å². The van der Waals surface area contributed by atoms with Crippen LogP contribution < -0.4 is 5.32 Å². The maximum Gasteiger partial charge on any atom is 0.263 e. The number of aromatic nitrogens is 1. The highest BCUT2D eigenvalue weighted by Crippen LogP contribution is 2.20. The Kier molecular flexibility index (Phi) is 5.16. The summed E-state index contributed by atoms with van der Waals surface area (Å²) < 4.78 is 0. The zero-order valence-corrected chi connectivity index (χ0v) is 13.7. The molecule has 0 aromatic carbocycles. The summed E-state index contributed by atoms with van der Waals surface area (Å²) in [6, 6.07) is 0. The second-order valence-corrected chi connectivity index (χ2v) is 7.31. The number of hydrogen-bond donors (Lipinski definition) is 1. The van der Waals surface area contributed by atoms with Crippen molar-refractivity contribution in [3.8, 4) is 0 Å². The zero-order valence-electron chi connectivity index (χ0n) is 12.9. The van der Waals surface area contributed by atoms with Crippen LogP contribution in [0.25, 0.3) is 0 Å². The average molecular weight is 295 g/mol. The Morgan fingerprint density at radius 1 is 1.35 bits per heavy atom. The minimum absolute atomic E-state index is 0.0196. The molecule has 1 aromatic rings. The molecule has 0 radical (unpaired) electrons. The van der Waals surface area contributed by atoms with E-state index in [1.54, 1.807) is 0 Å². The third-order valence-corrected chi connectivity index (χ3v) is 4.84. The van der Waals surface area contributed by atoms with Crippen LogP contribution >= 0.6 is 11.3 Å². The monoisotopic (exact) mass is 295 g/mol. The van der Waals surface area contributed by atoms with Crippen molar-refractivity contribution in [2.45, 2.75) is 34.1 Å². The topological polar surface area (TPSA) is 45.2 Å². The first-order valence-corrected chi connectivity index (χ1v) is 8.22. The molecule has 2 rings (SSSR count). The minimum Gasteiger partial charge on any atom is -0.350 e. The van der Waals surface area contributed by atoms with Crippen LogP contribution in [0.1, 0.15) is 40.6 Å². The second kappa shape index (κ2) is 6.68. The van der Waals surface area contributed by atoms with Gasteiger partial charge in [0.1, 0.15) is 4.88 Å². The lowest BCUT2D eigenvalue weighted by atomic mass is 9.92. The zero-order chi connectivity index (χ0) is 14.7. The largest absolute Gasteiger partial charge is 0.350 e. The molecule has 0 aliphatic carbocycles. The van der Waals surface area contributed by atoms with Crippen molar-refractivity contribution in [1.29, 1.82) is 0 Å². The molecule has 112 valence electrons. The van der Waals surface area contributed by atoms with Gasteiger partial charge in [0.05, 0.1) is 10.7 Å². The molecule has 0 spiro atoms. The molecule has 1 aliphatic rings. The Morgan fingerprint density at radius 3 is 2.55 bits per heavy atom. The van der Waals surface area contributed by atoms with Gasteiger partial charge in [-0.3, -0.25) is 4.79 Å². The molecule has 2 atom stereocenters. The molecule has 1 amide bonds. The maximum atomic E-state index is 12.1. The van der Waals surface area contributed by atoms with E-state index in [4.69, 9.17) is 0 Å². The Bertz CT molecular complexity index is 462. The van der Waals surface area contributed by atoms with Crippen LogP contribution in [0.2, 0.25) is 0 Å². The lowest BCUT2D eigenvalue weighted by Crippen LogP contribution is -2.42. The van der Waals surface area contributed by atoms with Crippen molar-refractivity contribution in [1.82, 2.24) is 15.2 Å². The van der Waals surface area contributed by atoms with E-state index < -0.39 is 0 Å². The molecule has 0 bridgehead atoms. The molecule has 1 fully saturated rings. The van der Waals surface area contributed by atoms with Crippen LogP contribution in [-0.2, 0) is 0 Å². The van der Waals surface area contributed by atoms with Crippen LogP contribution in [0.5, 0.6) is 0 Å². The SMILES string of the molecule is Cc1nc(C)c(C(=O)NCCN2C[C@@H](C)C[C@H](C)C2)s1. The van der Waals surface area contributed by atoms with Crippen molar-refractivity contribution in [2.75, 3.05) is 26.2 Å². The van der Waals surface area contributed by atoms with Crippen molar-refractivity contribution in [3.63, 3.8) is 0 Å². The maximum absolute atomic E-state index is 12.1. The molecular formula is C15H25N3OS. The smallest absolute Gasteiger partial charge is 0.263 e. The van der Waals surface area contributed by atoms with Crippen molar-refractivity contribution < 1.29 is 4.79 Å². The van der Waals surface area contributed by atoms with Gasteiger partial charge >= 0.3 is 0 Å². The number of rotatable bonds is 4. The number of likely N-dealkylation sites (tertiary alicyclic amines) is 1. The number of carbonyl (C=O) groups is 1. The molecule has 1 aliphatic heterocycles. The summed E-state index contributed by atoms with van der Waals surface area (Å²) in [4.78, 5) is 19.6. The summed E-state index contributed by atoms with van der Waals surface area (Å²) in [6.07, 6.45) is 1.32. The molecular weight excluding hydrogens is 270 g/mol. The Morgan fingerprint density at radius 2 is 2.00 bits per heavy atom. The van der Waals surface area contributed by atoms with Gasteiger partial charge < -0.3 is 10.2 Å². The van der Waals surface area contributed by atoms with E-state index in [0.717, 1.165) is 47.0 Å².